The van der Waals surface area contributed by atoms with Crippen molar-refractivity contribution in [1.82, 2.24) is 10.3 Å². The summed E-state index contributed by atoms with van der Waals surface area (Å²) in [5, 5.41) is 9.18. The fourth-order valence-electron chi connectivity index (χ4n) is 4.24. The second kappa shape index (κ2) is 10.4. The minimum Gasteiger partial charge on any atom is -0.378 e. The zero-order valence-corrected chi connectivity index (χ0v) is 20.5. The van der Waals surface area contributed by atoms with E-state index in [4.69, 9.17) is 0 Å². The average Bonchev–Trinajstić information content (AvgIpc) is 3.11. The topological polar surface area (TPSA) is 94.4 Å². The summed E-state index contributed by atoms with van der Waals surface area (Å²) in [4.78, 5) is 14.8. The van der Waals surface area contributed by atoms with Crippen LogP contribution >= 0.6 is 0 Å². The lowest BCUT2D eigenvalue weighted by Crippen LogP contribution is -2.38. The van der Waals surface area contributed by atoms with Crippen LogP contribution in [0, 0.1) is 0 Å². The highest BCUT2D eigenvalue weighted by Gasteiger charge is 2.32. The molecule has 1 heterocycles. The molecule has 0 unspecified atom stereocenters. The van der Waals surface area contributed by atoms with Gasteiger partial charge >= 0.3 is 0 Å². The number of nitrogens with one attached hydrogen (secondary N) is 1. The van der Waals surface area contributed by atoms with Crippen molar-refractivity contribution in [2.45, 2.75) is 49.5 Å². The molecule has 0 atom stereocenters. The second-order valence-electron chi connectivity index (χ2n) is 8.89. The predicted octanol–water partition coefficient (Wildman–Crippen LogP) is 3.38. The number of amidine groups is 1. The van der Waals surface area contributed by atoms with Gasteiger partial charge in [0.15, 0.2) is 5.84 Å². The molecule has 1 fully saturated rings. The van der Waals surface area contributed by atoms with Gasteiger partial charge in [0.25, 0.3) is 10.0 Å². The Bertz CT molecular complexity index is 1180. The number of benzene rings is 2. The summed E-state index contributed by atoms with van der Waals surface area (Å²) in [5.41, 5.74) is 2.42. The zero-order valence-electron chi connectivity index (χ0n) is 19.6. The van der Waals surface area contributed by atoms with Crippen LogP contribution in [-0.2, 0) is 14.8 Å². The van der Waals surface area contributed by atoms with Gasteiger partial charge in [-0.2, -0.15) is 13.5 Å². The van der Waals surface area contributed by atoms with Crippen molar-refractivity contribution in [3.63, 3.8) is 0 Å². The van der Waals surface area contributed by atoms with E-state index >= 15 is 0 Å². The highest BCUT2D eigenvalue weighted by molar-refractivity contribution is 7.90. The van der Waals surface area contributed by atoms with Crippen LogP contribution in [0.15, 0.2) is 62.9 Å². The number of carbonyl (C=O) groups is 1. The number of anilines is 1. The van der Waals surface area contributed by atoms with Crippen LogP contribution in [-0.4, -0.2) is 58.1 Å². The zero-order chi connectivity index (χ0) is 24.1. The van der Waals surface area contributed by atoms with Crippen LogP contribution in [0.5, 0.6) is 0 Å². The number of sulfonamides is 1. The molecule has 1 saturated carbocycles. The van der Waals surface area contributed by atoms with Crippen LogP contribution in [0.3, 0.4) is 0 Å². The Kier molecular flexibility index (Phi) is 7.31. The Balaban J connectivity index is 1.54. The molecule has 8 nitrogen and oxygen atoms in total. The maximum absolute atomic E-state index is 12.6. The maximum Gasteiger partial charge on any atom is 0.285 e. The van der Waals surface area contributed by atoms with Crippen molar-refractivity contribution < 1.29 is 13.2 Å². The predicted molar refractivity (Wildman–Crippen MR) is 135 cm³/mol. The molecule has 0 spiro atoms. The van der Waals surface area contributed by atoms with E-state index in [0.717, 1.165) is 36.9 Å². The summed E-state index contributed by atoms with van der Waals surface area (Å²) < 4.78 is 29.2. The number of carbonyl (C=O) groups excluding carboxylic acids is 1. The number of rotatable bonds is 7. The van der Waals surface area contributed by atoms with Crippen molar-refractivity contribution in [2.75, 3.05) is 25.5 Å². The van der Waals surface area contributed by atoms with Crippen LogP contribution in [0.25, 0.3) is 0 Å². The molecule has 0 saturated heterocycles. The van der Waals surface area contributed by atoms with Gasteiger partial charge in [0, 0.05) is 37.8 Å². The minimum atomic E-state index is -3.79. The van der Waals surface area contributed by atoms with E-state index in [1.54, 1.807) is 30.5 Å². The maximum atomic E-state index is 12.6. The van der Waals surface area contributed by atoms with E-state index in [2.05, 4.69) is 14.8 Å². The number of nitrogens with zero attached hydrogens (tertiary/aromatic N) is 4. The van der Waals surface area contributed by atoms with E-state index in [9.17, 15) is 13.2 Å². The summed E-state index contributed by atoms with van der Waals surface area (Å²) in [6.45, 7) is 0.216. The van der Waals surface area contributed by atoms with E-state index in [0.29, 0.717) is 5.56 Å². The third-order valence-corrected chi connectivity index (χ3v) is 7.46. The Morgan fingerprint density at radius 2 is 1.79 bits per heavy atom. The van der Waals surface area contributed by atoms with Crippen molar-refractivity contribution in [2.24, 2.45) is 9.50 Å². The lowest BCUT2D eigenvalue weighted by atomic mass is 9.95. The van der Waals surface area contributed by atoms with Crippen LogP contribution in [0.1, 0.15) is 49.7 Å². The Labute approximate surface area is 201 Å². The van der Waals surface area contributed by atoms with E-state index in [-0.39, 0.29) is 35.6 Å². The van der Waals surface area contributed by atoms with Gasteiger partial charge in [0.05, 0.1) is 12.8 Å². The summed E-state index contributed by atoms with van der Waals surface area (Å²) in [6, 6.07) is 14.8. The Morgan fingerprint density at radius 1 is 1.09 bits per heavy atom. The normalized spacial score (nSPS) is 17.3. The molecule has 2 aromatic carbocycles. The molecule has 1 aliphatic carbocycles. The van der Waals surface area contributed by atoms with Crippen molar-refractivity contribution >= 4 is 33.7 Å². The van der Waals surface area contributed by atoms with Gasteiger partial charge in [0.2, 0.25) is 5.91 Å². The first kappa shape index (κ1) is 23.9. The first-order valence-electron chi connectivity index (χ1n) is 11.7. The van der Waals surface area contributed by atoms with Crippen LogP contribution < -0.4 is 10.2 Å². The highest BCUT2D eigenvalue weighted by atomic mass is 32.2. The van der Waals surface area contributed by atoms with Gasteiger partial charge in [-0.15, -0.1) is 4.40 Å². The van der Waals surface area contributed by atoms with Gasteiger partial charge in [0.1, 0.15) is 4.90 Å². The molecule has 1 N–H and O–H groups in total. The highest BCUT2D eigenvalue weighted by Crippen LogP contribution is 2.28. The van der Waals surface area contributed by atoms with Crippen molar-refractivity contribution in [1.29, 1.82) is 0 Å². The second-order valence-corrected chi connectivity index (χ2v) is 10.5. The fourth-order valence-corrected chi connectivity index (χ4v) is 5.45. The molecule has 34 heavy (non-hydrogen) atoms. The standard InChI is InChI=1S/C25H31N5O3S/c1-29(2)21-14-12-19(13-15-21)18-26-30(17-16-24(31)27-20-8-4-3-5-9-20)25-22-10-6-7-11-23(22)34(32,33)28-25/h6-7,10-15,18,20H,3-5,8-9,16-17H2,1-2H3,(H,27,31)/b26-18-. The summed E-state index contributed by atoms with van der Waals surface area (Å²) in [7, 11) is 0.150. The molecular weight excluding hydrogens is 450 g/mol. The summed E-state index contributed by atoms with van der Waals surface area (Å²) in [6.07, 6.45) is 7.36. The first-order chi connectivity index (χ1) is 16.3. The third-order valence-electron chi connectivity index (χ3n) is 6.13. The van der Waals surface area contributed by atoms with E-state index < -0.39 is 10.0 Å². The van der Waals surface area contributed by atoms with E-state index in [1.165, 1.54) is 11.4 Å². The van der Waals surface area contributed by atoms with Gasteiger partial charge < -0.3 is 10.2 Å². The Hall–Kier alpha value is -3.20. The minimum absolute atomic E-state index is 0.0582. The molecule has 9 heteroatoms. The van der Waals surface area contributed by atoms with Gasteiger partial charge in [-0.3, -0.25) is 4.79 Å². The lowest BCUT2D eigenvalue weighted by molar-refractivity contribution is -0.122. The van der Waals surface area contributed by atoms with Gasteiger partial charge in [-0.1, -0.05) is 43.5 Å². The van der Waals surface area contributed by atoms with Gasteiger partial charge in [-0.25, -0.2) is 5.01 Å². The summed E-state index contributed by atoms with van der Waals surface area (Å²) >= 11 is 0. The van der Waals surface area contributed by atoms with E-state index in [1.807, 2.05) is 43.3 Å². The number of hydrazone groups is 1. The number of hydrogen-bond acceptors (Lipinski definition) is 6. The molecule has 2 aliphatic rings. The SMILES string of the molecule is CN(C)c1ccc(/C=N\N(CCC(=O)NC2CCCCC2)C2=NS(=O)(=O)c3ccccc32)cc1. The van der Waals surface area contributed by atoms with Crippen LogP contribution in [0.4, 0.5) is 5.69 Å². The molecule has 0 radical (unpaired) electrons. The fraction of sp³-hybridized carbons (Fsp3) is 0.400. The number of hydrogen-bond donors (Lipinski definition) is 1. The molecule has 4 rings (SSSR count). The molecule has 1 amide bonds. The first-order valence-corrected chi connectivity index (χ1v) is 13.1. The third kappa shape index (κ3) is 5.64. The van der Waals surface area contributed by atoms with Gasteiger partial charge in [-0.05, 0) is 42.7 Å². The summed E-state index contributed by atoms with van der Waals surface area (Å²) in [5.74, 6) is 0.180. The smallest absolute Gasteiger partial charge is 0.285 e. The molecule has 2 aromatic rings. The number of amides is 1. The largest absolute Gasteiger partial charge is 0.378 e. The molecular formula is C25H31N5O3S. The van der Waals surface area contributed by atoms with Crippen molar-refractivity contribution in [3.8, 4) is 0 Å². The Morgan fingerprint density at radius 3 is 2.50 bits per heavy atom. The molecule has 0 aromatic heterocycles. The molecule has 0 bridgehead atoms. The number of fused-ring (bicyclic) bond motifs is 1. The monoisotopic (exact) mass is 481 g/mol. The van der Waals surface area contributed by atoms with Crippen LogP contribution in [0.2, 0.25) is 0 Å². The molecule has 1 aliphatic heterocycles. The lowest BCUT2D eigenvalue weighted by Gasteiger charge is -2.24. The van der Waals surface area contributed by atoms with Crippen molar-refractivity contribution in [3.05, 3.63) is 59.7 Å². The quantitative estimate of drug-likeness (QED) is 0.483. The molecule has 180 valence electrons. The average molecular weight is 482 g/mol.